The van der Waals surface area contributed by atoms with Crippen LogP contribution >= 0.6 is 0 Å². The van der Waals surface area contributed by atoms with Crippen LogP contribution in [0.15, 0.2) is 231 Å². The van der Waals surface area contributed by atoms with Crippen LogP contribution in [0.4, 0.5) is 0 Å². The van der Waals surface area contributed by atoms with E-state index in [4.69, 9.17) is 0 Å². The molecule has 10 aromatic carbocycles. The average Bonchev–Trinajstić information content (AvgIpc) is 4.05. The maximum absolute atomic E-state index is 2.53. The molecule has 0 saturated heterocycles. The largest absolute Gasteiger partial charge is 0.309 e. The highest BCUT2D eigenvalue weighted by Gasteiger charge is 2.51. The Balaban J connectivity index is 0.935. The summed E-state index contributed by atoms with van der Waals surface area (Å²) >= 11 is 0. The molecule has 0 amide bonds. The fourth-order valence-electron chi connectivity index (χ4n) is 11.5. The van der Waals surface area contributed by atoms with Crippen molar-refractivity contribution in [3.05, 3.63) is 253 Å². The molecule has 12 aromatic rings. The lowest BCUT2D eigenvalue weighted by Gasteiger charge is -2.30. The zero-order valence-electron chi connectivity index (χ0n) is 34.3. The summed E-state index contributed by atoms with van der Waals surface area (Å²) in [6, 6.07) is 85.7. The van der Waals surface area contributed by atoms with Crippen molar-refractivity contribution in [2.24, 2.45) is 0 Å². The van der Waals surface area contributed by atoms with E-state index >= 15 is 0 Å². The summed E-state index contributed by atoms with van der Waals surface area (Å²) in [6.07, 6.45) is 0. The van der Waals surface area contributed by atoms with Crippen molar-refractivity contribution < 1.29 is 0 Å². The Morgan fingerprint density at radius 3 is 1.19 bits per heavy atom. The Morgan fingerprint density at radius 2 is 0.635 bits per heavy atom. The number of benzene rings is 10. The quantitative estimate of drug-likeness (QED) is 0.168. The molecule has 0 saturated carbocycles. The molecule has 0 fully saturated rings. The third-order valence-corrected chi connectivity index (χ3v) is 14.1. The standard InChI is InChI=1S/C61H38N2/c1-3-15-43(16-4-1)62-57-26-14-10-22-48(57)50-35-41(31-33-58(50)62)39-27-29-40(30-28-39)42-32-34-59-51(36-42)52-37-49-47-21-9-13-25-55(47)61(56(49)38-60(52)63(59)44-17-5-2-6-18-44)53-23-11-7-19-45(53)46-20-8-12-24-54(46)61/h1-38H. The smallest absolute Gasteiger partial charge is 0.0726 e. The average molecular weight is 799 g/mol. The molecule has 0 bridgehead atoms. The maximum Gasteiger partial charge on any atom is 0.0726 e. The molecule has 14 rings (SSSR count). The summed E-state index contributed by atoms with van der Waals surface area (Å²) in [7, 11) is 0. The van der Waals surface area contributed by atoms with Crippen LogP contribution in [0.1, 0.15) is 22.3 Å². The van der Waals surface area contributed by atoms with Gasteiger partial charge in [0.05, 0.1) is 27.5 Å². The van der Waals surface area contributed by atoms with Crippen LogP contribution in [-0.4, -0.2) is 9.13 Å². The molecule has 2 aliphatic rings. The van der Waals surface area contributed by atoms with E-state index in [1.54, 1.807) is 0 Å². The van der Waals surface area contributed by atoms with E-state index in [1.807, 2.05) is 0 Å². The van der Waals surface area contributed by atoms with E-state index in [-0.39, 0.29) is 0 Å². The first-order chi connectivity index (χ1) is 31.3. The summed E-state index contributed by atoms with van der Waals surface area (Å²) < 4.78 is 4.85. The normalized spacial score (nSPS) is 13.2. The van der Waals surface area contributed by atoms with Gasteiger partial charge in [0.2, 0.25) is 0 Å². The van der Waals surface area contributed by atoms with Crippen LogP contribution in [-0.2, 0) is 5.41 Å². The van der Waals surface area contributed by atoms with Crippen LogP contribution < -0.4 is 0 Å². The van der Waals surface area contributed by atoms with Crippen LogP contribution in [0.3, 0.4) is 0 Å². The summed E-state index contributed by atoms with van der Waals surface area (Å²) in [5, 5.41) is 5.04. The topological polar surface area (TPSA) is 9.86 Å². The molecule has 1 spiro atoms. The summed E-state index contributed by atoms with van der Waals surface area (Å²) in [5.41, 5.74) is 22.4. The van der Waals surface area contributed by atoms with Crippen molar-refractivity contribution in [2.75, 3.05) is 0 Å². The second-order valence-corrected chi connectivity index (χ2v) is 17.2. The minimum atomic E-state index is -0.401. The third kappa shape index (κ3) is 4.67. The van der Waals surface area contributed by atoms with Gasteiger partial charge in [-0.1, -0.05) is 164 Å². The Bertz CT molecular complexity index is 3780. The van der Waals surface area contributed by atoms with Gasteiger partial charge in [-0.05, 0) is 133 Å². The fourth-order valence-corrected chi connectivity index (χ4v) is 11.5. The van der Waals surface area contributed by atoms with E-state index in [0.717, 1.165) is 5.69 Å². The van der Waals surface area contributed by atoms with Crippen molar-refractivity contribution >= 4 is 43.6 Å². The molecule has 0 N–H and O–H groups in total. The fraction of sp³-hybridized carbons (Fsp3) is 0.0164. The van der Waals surface area contributed by atoms with Crippen LogP contribution in [0.25, 0.3) is 99.5 Å². The molecule has 0 atom stereocenters. The SMILES string of the molecule is c1ccc(-n2c3ccccc3c3cc(-c4ccc(-c5ccc6c(c5)c5cc7c(cc5n6-c5ccccc5)C5(c6ccccc6-c6ccccc65)c5ccccc5-7)cc4)ccc32)cc1. The first-order valence-corrected chi connectivity index (χ1v) is 21.9. The third-order valence-electron chi connectivity index (χ3n) is 14.1. The highest BCUT2D eigenvalue weighted by Crippen LogP contribution is 2.63. The van der Waals surface area contributed by atoms with Gasteiger partial charge in [-0.2, -0.15) is 0 Å². The number of hydrogen-bond acceptors (Lipinski definition) is 0. The molecular weight excluding hydrogens is 761 g/mol. The van der Waals surface area contributed by atoms with Gasteiger partial charge in [0, 0.05) is 32.9 Å². The Labute approximate surface area is 365 Å². The first kappa shape index (κ1) is 34.5. The van der Waals surface area contributed by atoms with Gasteiger partial charge in [-0.3, -0.25) is 0 Å². The molecule has 2 nitrogen and oxygen atoms in total. The van der Waals surface area contributed by atoms with Crippen LogP contribution in [0.2, 0.25) is 0 Å². The number of nitrogens with zero attached hydrogens (tertiary/aromatic N) is 2. The van der Waals surface area contributed by atoms with E-state index in [9.17, 15) is 0 Å². The molecule has 63 heavy (non-hydrogen) atoms. The van der Waals surface area contributed by atoms with Crippen molar-refractivity contribution in [1.29, 1.82) is 0 Å². The van der Waals surface area contributed by atoms with Crippen molar-refractivity contribution in [3.8, 4) is 55.9 Å². The number of aromatic nitrogens is 2. The monoisotopic (exact) mass is 798 g/mol. The highest BCUT2D eigenvalue weighted by molar-refractivity contribution is 6.14. The van der Waals surface area contributed by atoms with Gasteiger partial charge in [-0.25, -0.2) is 0 Å². The van der Waals surface area contributed by atoms with Crippen LogP contribution in [0, 0.1) is 0 Å². The maximum atomic E-state index is 2.53. The van der Waals surface area contributed by atoms with E-state index in [1.165, 1.54) is 116 Å². The molecule has 2 aromatic heterocycles. The number of hydrogen-bond donors (Lipinski definition) is 0. The van der Waals surface area contributed by atoms with E-state index in [2.05, 4.69) is 240 Å². The predicted molar refractivity (Wildman–Crippen MR) is 262 cm³/mol. The molecule has 0 aliphatic heterocycles. The molecule has 2 aliphatic carbocycles. The lowest BCUT2D eigenvalue weighted by molar-refractivity contribution is 0.794. The minimum Gasteiger partial charge on any atom is -0.309 e. The molecule has 0 radical (unpaired) electrons. The van der Waals surface area contributed by atoms with Crippen LogP contribution in [0.5, 0.6) is 0 Å². The van der Waals surface area contributed by atoms with Crippen molar-refractivity contribution in [3.63, 3.8) is 0 Å². The number of rotatable bonds is 4. The Hall–Kier alpha value is -8.20. The molecule has 292 valence electrons. The first-order valence-electron chi connectivity index (χ1n) is 21.9. The van der Waals surface area contributed by atoms with Crippen molar-refractivity contribution in [1.82, 2.24) is 9.13 Å². The van der Waals surface area contributed by atoms with Gasteiger partial charge in [0.1, 0.15) is 0 Å². The van der Waals surface area contributed by atoms with Gasteiger partial charge >= 0.3 is 0 Å². The minimum absolute atomic E-state index is 0.401. The second kappa shape index (κ2) is 12.9. The van der Waals surface area contributed by atoms with E-state index < -0.39 is 5.41 Å². The number of fused-ring (bicyclic) bond motifs is 16. The van der Waals surface area contributed by atoms with E-state index in [0.29, 0.717) is 0 Å². The lowest BCUT2D eigenvalue weighted by atomic mass is 9.70. The Morgan fingerprint density at radius 1 is 0.238 bits per heavy atom. The van der Waals surface area contributed by atoms with Gasteiger partial charge < -0.3 is 9.13 Å². The highest BCUT2D eigenvalue weighted by atomic mass is 15.0. The lowest BCUT2D eigenvalue weighted by Crippen LogP contribution is -2.25. The van der Waals surface area contributed by atoms with Gasteiger partial charge in [0.15, 0.2) is 0 Å². The van der Waals surface area contributed by atoms with Gasteiger partial charge in [0.25, 0.3) is 0 Å². The summed E-state index contributed by atoms with van der Waals surface area (Å²) in [4.78, 5) is 0. The summed E-state index contributed by atoms with van der Waals surface area (Å²) in [5.74, 6) is 0. The Kier molecular flexibility index (Phi) is 7.07. The zero-order valence-corrected chi connectivity index (χ0v) is 34.3. The van der Waals surface area contributed by atoms with Gasteiger partial charge in [-0.15, -0.1) is 0 Å². The number of para-hydroxylation sites is 3. The molecule has 2 heterocycles. The zero-order chi connectivity index (χ0) is 41.2. The molecular formula is C61H38N2. The predicted octanol–water partition coefficient (Wildman–Crippen LogP) is 15.6. The molecule has 0 unspecified atom stereocenters. The second-order valence-electron chi connectivity index (χ2n) is 17.2. The molecule has 2 heteroatoms. The van der Waals surface area contributed by atoms with Crippen molar-refractivity contribution in [2.45, 2.75) is 5.41 Å². The summed E-state index contributed by atoms with van der Waals surface area (Å²) in [6.45, 7) is 0.